The summed E-state index contributed by atoms with van der Waals surface area (Å²) in [7, 11) is 0. The van der Waals surface area contributed by atoms with Crippen LogP contribution in [0, 0.1) is 0 Å². The lowest BCUT2D eigenvalue weighted by Gasteiger charge is -1.73. The van der Waals surface area contributed by atoms with Crippen molar-refractivity contribution in [2.45, 2.75) is 6.92 Å². The smallest absolute Gasteiger partial charge is 0.0467 e. The molecule has 0 aliphatic heterocycles. The predicted octanol–water partition coefficient (Wildman–Crippen LogP) is 3.97. The quantitative estimate of drug-likeness (QED) is 0.550. The molecule has 0 N–H and O–H groups in total. The van der Waals surface area contributed by atoms with E-state index >= 15 is 0 Å². The molecule has 0 atom stereocenters. The molecule has 0 aliphatic carbocycles. The first-order valence-electron chi connectivity index (χ1n) is 4.32. The van der Waals surface area contributed by atoms with E-state index in [1.165, 1.54) is 0 Å². The van der Waals surface area contributed by atoms with Crippen molar-refractivity contribution in [3.63, 3.8) is 0 Å². The van der Waals surface area contributed by atoms with Gasteiger partial charge in [0, 0.05) is 0 Å². The summed E-state index contributed by atoms with van der Waals surface area (Å²) in [5, 5.41) is 0. The summed E-state index contributed by atoms with van der Waals surface area (Å²) in [6.07, 6.45) is 21.4. The fourth-order valence-electron chi connectivity index (χ4n) is 0.639. The van der Waals surface area contributed by atoms with Gasteiger partial charge < -0.3 is 0 Å². The van der Waals surface area contributed by atoms with Crippen LogP contribution in [0.4, 0.5) is 0 Å². The van der Waals surface area contributed by atoms with Crippen LogP contribution in [0.3, 0.4) is 0 Å². The molecule has 68 valence electrons. The summed E-state index contributed by atoms with van der Waals surface area (Å²) in [6.45, 7) is 5.56. The van der Waals surface area contributed by atoms with Gasteiger partial charge >= 0.3 is 0 Å². The van der Waals surface area contributed by atoms with E-state index in [0.717, 1.165) is 0 Å². The molecule has 0 aromatic heterocycles. The van der Waals surface area contributed by atoms with E-state index in [-0.39, 0.29) is 0 Å². The van der Waals surface area contributed by atoms with Crippen LogP contribution in [0.1, 0.15) is 6.92 Å². The highest BCUT2D eigenvalue weighted by Crippen LogP contribution is 1.83. The number of hydrogen-bond acceptors (Lipinski definition) is 0. The maximum Gasteiger partial charge on any atom is -0.0467 e. The van der Waals surface area contributed by atoms with Gasteiger partial charge in [-0.05, 0) is 6.92 Å². The maximum atomic E-state index is 3.57. The van der Waals surface area contributed by atoms with E-state index in [4.69, 9.17) is 0 Å². The summed E-state index contributed by atoms with van der Waals surface area (Å²) < 4.78 is 0. The highest BCUT2D eigenvalue weighted by Gasteiger charge is 1.61. The molecule has 0 amide bonds. The lowest BCUT2D eigenvalue weighted by molar-refractivity contribution is 1.73. The third kappa shape index (κ3) is 10.4. The van der Waals surface area contributed by atoms with Gasteiger partial charge in [-0.15, -0.1) is 0 Å². The SMILES string of the molecule is C=CC=CC=CC=C/C=C/C=C/C. The molecule has 0 fully saturated rings. The van der Waals surface area contributed by atoms with Crippen LogP contribution in [0.5, 0.6) is 0 Å². The van der Waals surface area contributed by atoms with Crippen molar-refractivity contribution in [3.8, 4) is 0 Å². The topological polar surface area (TPSA) is 0 Å². The normalized spacial score (nSPS) is 13.3. The van der Waals surface area contributed by atoms with Gasteiger partial charge in [0.05, 0.1) is 0 Å². The summed E-state index contributed by atoms with van der Waals surface area (Å²) in [5.74, 6) is 0. The monoisotopic (exact) mass is 172 g/mol. The zero-order valence-corrected chi connectivity index (χ0v) is 8.06. The van der Waals surface area contributed by atoms with Crippen LogP contribution in [-0.2, 0) is 0 Å². The Morgan fingerprint density at radius 1 is 0.615 bits per heavy atom. The molecule has 0 rings (SSSR count). The Morgan fingerprint density at radius 3 is 1.38 bits per heavy atom. The summed E-state index contributed by atoms with van der Waals surface area (Å²) in [4.78, 5) is 0. The molecule has 0 aromatic carbocycles. The molecule has 0 nitrogen and oxygen atoms in total. The van der Waals surface area contributed by atoms with Crippen molar-refractivity contribution in [1.29, 1.82) is 0 Å². The number of rotatable bonds is 5. The second-order valence-electron chi connectivity index (χ2n) is 2.30. The minimum atomic E-state index is 1.75. The van der Waals surface area contributed by atoms with Gasteiger partial charge in [-0.3, -0.25) is 0 Å². The standard InChI is InChI=1S/C13H16/c1-3-5-7-9-11-13-12-10-8-6-4-2/h3-13H,1H2,2H3/b6-4+,7-5?,10-8+,11-9?,13-12?. The van der Waals surface area contributed by atoms with E-state index in [9.17, 15) is 0 Å². The molecule has 0 unspecified atom stereocenters. The average molecular weight is 172 g/mol. The molecule has 0 saturated carbocycles. The molecule has 0 saturated heterocycles. The zero-order valence-electron chi connectivity index (χ0n) is 8.06. The molecule has 0 aromatic rings. The predicted molar refractivity (Wildman–Crippen MR) is 61.6 cm³/mol. The molecule has 0 heterocycles. The molecule has 0 aliphatic rings. The lowest BCUT2D eigenvalue weighted by atomic mass is 10.3. The van der Waals surface area contributed by atoms with Crippen molar-refractivity contribution in [2.75, 3.05) is 0 Å². The average Bonchev–Trinajstić information content (AvgIpc) is 2.16. The van der Waals surface area contributed by atoms with Crippen molar-refractivity contribution in [3.05, 3.63) is 73.4 Å². The molecule has 0 bridgehead atoms. The van der Waals surface area contributed by atoms with E-state index in [2.05, 4.69) is 6.58 Å². The van der Waals surface area contributed by atoms with Crippen molar-refractivity contribution < 1.29 is 0 Å². The van der Waals surface area contributed by atoms with Gasteiger partial charge in [0.1, 0.15) is 0 Å². The molecule has 0 radical (unpaired) electrons. The summed E-state index contributed by atoms with van der Waals surface area (Å²) >= 11 is 0. The first kappa shape index (κ1) is 11.4. The van der Waals surface area contributed by atoms with Crippen LogP contribution in [0.2, 0.25) is 0 Å². The van der Waals surface area contributed by atoms with Gasteiger partial charge in [0.25, 0.3) is 0 Å². The van der Waals surface area contributed by atoms with E-state index in [0.29, 0.717) is 0 Å². The summed E-state index contributed by atoms with van der Waals surface area (Å²) in [5.41, 5.74) is 0. The van der Waals surface area contributed by atoms with Gasteiger partial charge in [-0.2, -0.15) is 0 Å². The van der Waals surface area contributed by atoms with Gasteiger partial charge in [0.15, 0.2) is 0 Å². The number of allylic oxidation sites excluding steroid dienone is 11. The Balaban J connectivity index is 3.68. The minimum Gasteiger partial charge on any atom is -0.0991 e. The highest BCUT2D eigenvalue weighted by molar-refractivity contribution is 5.18. The van der Waals surface area contributed by atoms with E-state index < -0.39 is 0 Å². The zero-order chi connectivity index (χ0) is 9.78. The fraction of sp³-hybridized carbons (Fsp3) is 0.0769. The fourth-order valence-corrected chi connectivity index (χ4v) is 0.639. The van der Waals surface area contributed by atoms with E-state index in [1.54, 1.807) is 6.08 Å². The Kier molecular flexibility index (Phi) is 9.19. The largest absolute Gasteiger partial charge is 0.0991 e. The Bertz CT molecular complexity index is 247. The van der Waals surface area contributed by atoms with Crippen molar-refractivity contribution >= 4 is 0 Å². The van der Waals surface area contributed by atoms with Gasteiger partial charge in [0.2, 0.25) is 0 Å². The van der Waals surface area contributed by atoms with Gasteiger partial charge in [-0.1, -0.05) is 73.4 Å². The van der Waals surface area contributed by atoms with Crippen LogP contribution < -0.4 is 0 Å². The first-order chi connectivity index (χ1) is 6.41. The Labute approximate surface area is 81.0 Å². The Hall–Kier alpha value is -1.56. The van der Waals surface area contributed by atoms with Gasteiger partial charge in [-0.25, -0.2) is 0 Å². The van der Waals surface area contributed by atoms with Crippen molar-refractivity contribution in [1.82, 2.24) is 0 Å². The second-order valence-corrected chi connectivity index (χ2v) is 2.30. The van der Waals surface area contributed by atoms with E-state index in [1.807, 2.05) is 67.7 Å². The lowest BCUT2D eigenvalue weighted by Crippen LogP contribution is -1.51. The molecule has 13 heavy (non-hydrogen) atoms. The maximum absolute atomic E-state index is 3.57. The molecule has 0 heteroatoms. The second kappa shape index (κ2) is 10.4. The van der Waals surface area contributed by atoms with Crippen LogP contribution in [0.25, 0.3) is 0 Å². The minimum absolute atomic E-state index is 1.75. The first-order valence-corrected chi connectivity index (χ1v) is 4.32. The van der Waals surface area contributed by atoms with Crippen LogP contribution >= 0.6 is 0 Å². The van der Waals surface area contributed by atoms with Crippen LogP contribution in [-0.4, -0.2) is 0 Å². The molecule has 0 spiro atoms. The molecular formula is C13H16. The third-order valence-corrected chi connectivity index (χ3v) is 1.22. The van der Waals surface area contributed by atoms with Crippen molar-refractivity contribution in [2.24, 2.45) is 0 Å². The van der Waals surface area contributed by atoms with Crippen LogP contribution in [0.15, 0.2) is 73.4 Å². The third-order valence-electron chi connectivity index (χ3n) is 1.22. The summed E-state index contributed by atoms with van der Waals surface area (Å²) in [6, 6.07) is 0. The number of hydrogen-bond donors (Lipinski definition) is 0. The Morgan fingerprint density at radius 2 is 1.00 bits per heavy atom. The molecular weight excluding hydrogens is 156 g/mol. The highest BCUT2D eigenvalue weighted by atomic mass is 13.7.